The lowest BCUT2D eigenvalue weighted by Gasteiger charge is -2.34. The van der Waals surface area contributed by atoms with Crippen molar-refractivity contribution in [1.82, 2.24) is 34.3 Å². The molecule has 1 aliphatic carbocycles. The molecule has 0 unspecified atom stereocenters. The van der Waals surface area contributed by atoms with Crippen LogP contribution in [0, 0.1) is 5.92 Å². The summed E-state index contributed by atoms with van der Waals surface area (Å²) < 4.78 is 42.3. The molecule has 1 saturated carbocycles. The van der Waals surface area contributed by atoms with E-state index in [0.29, 0.717) is 10.9 Å². The minimum Gasteiger partial charge on any atom is -0.368 e. The molecule has 0 aromatic carbocycles. The number of amides is 1. The molecule has 1 saturated heterocycles. The highest BCUT2D eigenvalue weighted by Gasteiger charge is 2.36. The van der Waals surface area contributed by atoms with Crippen LogP contribution < -0.4 is 10.2 Å². The number of thiazole rings is 1. The van der Waals surface area contributed by atoms with Crippen molar-refractivity contribution in [2.75, 3.05) is 23.3 Å². The number of carbonyl (C=O) groups excluding carboxylic acids is 1. The summed E-state index contributed by atoms with van der Waals surface area (Å²) in [6.07, 6.45) is 5.80. The van der Waals surface area contributed by atoms with Gasteiger partial charge in [-0.25, -0.2) is 15.0 Å². The van der Waals surface area contributed by atoms with Crippen LogP contribution in [0.15, 0.2) is 36.5 Å². The molecule has 0 bridgehead atoms. The molecule has 6 rings (SSSR count). The zero-order chi connectivity index (χ0) is 26.4. The standard InChI is InChI=1S/C24H24F3N9OS/c1-14(24(25,26)27)9-36-13-30-33-21(36)23-32-20(11-38-23)31-22(37)16-7-18(19(8-28-16)34-5-2-6-34)35-10-17(29-12-35)15-3-4-15/h7-8,10-15H,2-6,9H2,1H3,(H,31,37)/t14-/m1/s1. The summed E-state index contributed by atoms with van der Waals surface area (Å²) >= 11 is 1.15. The molecule has 1 atom stereocenters. The van der Waals surface area contributed by atoms with E-state index in [4.69, 9.17) is 0 Å². The van der Waals surface area contributed by atoms with E-state index in [0.717, 1.165) is 67.7 Å². The summed E-state index contributed by atoms with van der Waals surface area (Å²) in [7, 11) is 0. The largest absolute Gasteiger partial charge is 0.393 e. The van der Waals surface area contributed by atoms with E-state index in [1.807, 2.05) is 10.8 Å². The Morgan fingerprint density at radius 2 is 2.03 bits per heavy atom. The van der Waals surface area contributed by atoms with Crippen LogP contribution in [0.2, 0.25) is 0 Å². The third-order valence-electron chi connectivity index (χ3n) is 6.75. The van der Waals surface area contributed by atoms with Gasteiger partial charge in [0.05, 0.1) is 35.5 Å². The van der Waals surface area contributed by atoms with Crippen molar-refractivity contribution in [3.63, 3.8) is 0 Å². The Hall–Kier alpha value is -3.81. The maximum atomic E-state index is 13.1. The van der Waals surface area contributed by atoms with Gasteiger partial charge in [-0.15, -0.1) is 21.5 Å². The van der Waals surface area contributed by atoms with Crippen LogP contribution in [0.1, 0.15) is 48.3 Å². The molecular weight excluding hydrogens is 519 g/mol. The number of carbonyl (C=O) groups is 1. The Bertz CT molecular complexity index is 1470. The van der Waals surface area contributed by atoms with Gasteiger partial charge in [-0.1, -0.05) is 6.92 Å². The smallest absolute Gasteiger partial charge is 0.368 e. The molecule has 2 fully saturated rings. The van der Waals surface area contributed by atoms with E-state index in [1.54, 1.807) is 24.0 Å². The van der Waals surface area contributed by atoms with E-state index in [1.165, 1.54) is 10.9 Å². The molecule has 2 aliphatic rings. The number of aromatic nitrogens is 7. The van der Waals surface area contributed by atoms with Gasteiger partial charge in [0, 0.05) is 37.1 Å². The molecule has 0 spiro atoms. The second kappa shape index (κ2) is 9.49. The summed E-state index contributed by atoms with van der Waals surface area (Å²) in [5.41, 5.74) is 3.03. The Balaban J connectivity index is 1.21. The average molecular weight is 544 g/mol. The van der Waals surface area contributed by atoms with Crippen LogP contribution in [0.5, 0.6) is 0 Å². The summed E-state index contributed by atoms with van der Waals surface area (Å²) in [4.78, 5) is 28.6. The monoisotopic (exact) mass is 543 g/mol. The lowest BCUT2D eigenvalue weighted by atomic mass is 10.1. The van der Waals surface area contributed by atoms with E-state index in [2.05, 4.69) is 35.4 Å². The van der Waals surface area contributed by atoms with Gasteiger partial charge >= 0.3 is 6.18 Å². The van der Waals surface area contributed by atoms with Crippen LogP contribution in [0.3, 0.4) is 0 Å². The number of hydrogen-bond acceptors (Lipinski definition) is 8. The van der Waals surface area contributed by atoms with Gasteiger partial charge in [-0.05, 0) is 25.3 Å². The summed E-state index contributed by atoms with van der Waals surface area (Å²) in [6.45, 7) is 2.62. The van der Waals surface area contributed by atoms with Gasteiger partial charge in [-0.3, -0.25) is 4.79 Å². The Morgan fingerprint density at radius 1 is 1.21 bits per heavy atom. The number of pyridine rings is 1. The minimum atomic E-state index is -4.34. The number of imidazole rings is 1. The molecular formula is C24H24F3N9OS. The van der Waals surface area contributed by atoms with Gasteiger partial charge in [0.1, 0.15) is 17.8 Å². The Morgan fingerprint density at radius 3 is 2.74 bits per heavy atom. The predicted molar refractivity (Wildman–Crippen MR) is 134 cm³/mol. The van der Waals surface area contributed by atoms with Gasteiger partial charge in [0.15, 0.2) is 10.8 Å². The number of rotatable bonds is 8. The second-order valence-corrected chi connectivity index (χ2v) is 10.5. The molecule has 1 amide bonds. The van der Waals surface area contributed by atoms with E-state index < -0.39 is 18.0 Å². The fourth-order valence-corrected chi connectivity index (χ4v) is 4.95. The maximum Gasteiger partial charge on any atom is 0.393 e. The highest BCUT2D eigenvalue weighted by atomic mass is 32.1. The molecule has 10 nitrogen and oxygen atoms in total. The van der Waals surface area contributed by atoms with Gasteiger partial charge in [0.25, 0.3) is 5.91 Å². The summed E-state index contributed by atoms with van der Waals surface area (Å²) in [6, 6.07) is 1.74. The Labute approximate surface area is 219 Å². The zero-order valence-electron chi connectivity index (χ0n) is 20.4. The molecule has 5 heterocycles. The van der Waals surface area contributed by atoms with Crippen molar-refractivity contribution in [3.05, 3.63) is 47.9 Å². The lowest BCUT2D eigenvalue weighted by Crippen LogP contribution is -2.37. The molecule has 1 aliphatic heterocycles. The molecule has 0 radical (unpaired) electrons. The number of halogens is 3. The number of hydrogen-bond donors (Lipinski definition) is 1. The van der Waals surface area contributed by atoms with Crippen LogP contribution in [-0.2, 0) is 6.54 Å². The highest BCUT2D eigenvalue weighted by Crippen LogP contribution is 2.39. The minimum absolute atomic E-state index is 0.206. The van der Waals surface area contributed by atoms with Crippen molar-refractivity contribution in [2.24, 2.45) is 5.92 Å². The van der Waals surface area contributed by atoms with Crippen LogP contribution in [-0.4, -0.2) is 59.5 Å². The van der Waals surface area contributed by atoms with Crippen molar-refractivity contribution in [2.45, 2.75) is 44.8 Å². The molecule has 4 aromatic heterocycles. The van der Waals surface area contributed by atoms with Gasteiger partial charge in [-0.2, -0.15) is 13.2 Å². The first kappa shape index (κ1) is 24.5. The third-order valence-corrected chi connectivity index (χ3v) is 7.59. The van der Waals surface area contributed by atoms with E-state index in [-0.39, 0.29) is 23.9 Å². The van der Waals surface area contributed by atoms with Gasteiger partial charge < -0.3 is 19.4 Å². The van der Waals surface area contributed by atoms with Gasteiger partial charge in [0.2, 0.25) is 0 Å². The first-order valence-corrected chi connectivity index (χ1v) is 13.2. The number of nitrogens with one attached hydrogen (secondary N) is 1. The molecule has 198 valence electrons. The second-order valence-electron chi connectivity index (χ2n) is 9.62. The normalized spacial score (nSPS) is 16.4. The molecule has 38 heavy (non-hydrogen) atoms. The SMILES string of the molecule is C[C@H](Cn1cnnc1-c1nc(NC(=O)c2cc(-n3cnc(C4CC4)c3)c(N3CCC3)cn2)cs1)C(F)(F)F. The lowest BCUT2D eigenvalue weighted by molar-refractivity contribution is -0.172. The van der Waals surface area contributed by atoms with Crippen LogP contribution in [0.4, 0.5) is 24.7 Å². The first-order valence-electron chi connectivity index (χ1n) is 12.3. The fraction of sp³-hybridized carbons (Fsp3) is 0.417. The van der Waals surface area contributed by atoms with Crippen LogP contribution >= 0.6 is 11.3 Å². The Kier molecular flexibility index (Phi) is 6.13. The van der Waals surface area contributed by atoms with Crippen LogP contribution in [0.25, 0.3) is 16.5 Å². The van der Waals surface area contributed by atoms with Crippen molar-refractivity contribution in [3.8, 4) is 16.5 Å². The number of anilines is 2. The summed E-state index contributed by atoms with van der Waals surface area (Å²) in [5, 5.41) is 12.4. The number of nitrogens with zero attached hydrogens (tertiary/aromatic N) is 8. The topological polar surface area (TPSA) is 107 Å². The average Bonchev–Trinajstić information content (AvgIpc) is 3.20. The van der Waals surface area contributed by atoms with E-state index in [9.17, 15) is 18.0 Å². The van der Waals surface area contributed by atoms with Crippen molar-refractivity contribution in [1.29, 1.82) is 0 Å². The van der Waals surface area contributed by atoms with E-state index >= 15 is 0 Å². The fourth-order valence-electron chi connectivity index (χ4n) is 4.20. The molecule has 4 aromatic rings. The van der Waals surface area contributed by atoms with Crippen molar-refractivity contribution >= 4 is 28.7 Å². The molecule has 14 heteroatoms. The third kappa shape index (κ3) is 4.87. The first-order chi connectivity index (χ1) is 18.3. The van der Waals surface area contributed by atoms with Crippen molar-refractivity contribution < 1.29 is 18.0 Å². The maximum absolute atomic E-state index is 13.1. The quantitative estimate of drug-likeness (QED) is 0.348. The highest BCUT2D eigenvalue weighted by molar-refractivity contribution is 7.13. The predicted octanol–water partition coefficient (Wildman–Crippen LogP) is 4.52. The number of alkyl halides is 3. The molecule has 1 N–H and O–H groups in total. The summed E-state index contributed by atoms with van der Waals surface area (Å²) in [5.74, 6) is -1.06. The zero-order valence-corrected chi connectivity index (χ0v) is 21.2.